The van der Waals surface area contributed by atoms with Crippen LogP contribution < -0.4 is 4.90 Å². The van der Waals surface area contributed by atoms with E-state index < -0.39 is 0 Å². The van der Waals surface area contributed by atoms with Crippen molar-refractivity contribution in [2.24, 2.45) is 0 Å². The van der Waals surface area contributed by atoms with Gasteiger partial charge in [0.15, 0.2) is 0 Å². The van der Waals surface area contributed by atoms with Crippen molar-refractivity contribution >= 4 is 34.1 Å². The van der Waals surface area contributed by atoms with Crippen LogP contribution in [-0.2, 0) is 12.8 Å². The summed E-state index contributed by atoms with van der Waals surface area (Å²) in [5.74, 6) is 0.0768. The lowest BCUT2D eigenvalue weighted by molar-refractivity contribution is 0.0726. The Bertz CT molecular complexity index is 1140. The third-order valence-corrected chi connectivity index (χ3v) is 7.15. The number of hydrogen-bond acceptors (Lipinski definition) is 3. The van der Waals surface area contributed by atoms with E-state index in [1.54, 1.807) is 0 Å². The second kappa shape index (κ2) is 8.16. The molecule has 1 aromatic heterocycles. The minimum atomic E-state index is 0.0768. The number of rotatable bonds is 2. The fourth-order valence-electron chi connectivity index (χ4n) is 4.94. The Morgan fingerprint density at radius 1 is 1.06 bits per heavy atom. The average molecular weight is 434 g/mol. The average Bonchev–Trinajstić information content (AvgIpc) is 2.79. The SMILES string of the molecule is Cc1ccc(N2CCN(C(=O)c3ccc4c(Cl)c5c(nc4c3)CCCC5)C[C@H]2C)cc1. The summed E-state index contributed by atoms with van der Waals surface area (Å²) in [5.41, 5.74) is 6.32. The number of amides is 1. The normalized spacial score (nSPS) is 18.9. The van der Waals surface area contributed by atoms with Crippen LogP contribution >= 0.6 is 11.6 Å². The van der Waals surface area contributed by atoms with E-state index >= 15 is 0 Å². The summed E-state index contributed by atoms with van der Waals surface area (Å²) in [7, 11) is 0. The van der Waals surface area contributed by atoms with Crippen LogP contribution in [0.2, 0.25) is 5.02 Å². The largest absolute Gasteiger partial charge is 0.365 e. The van der Waals surface area contributed by atoms with Crippen molar-refractivity contribution in [3.63, 3.8) is 0 Å². The van der Waals surface area contributed by atoms with Gasteiger partial charge in [0.05, 0.1) is 10.5 Å². The highest BCUT2D eigenvalue weighted by Crippen LogP contribution is 2.33. The molecule has 0 N–H and O–H groups in total. The lowest BCUT2D eigenvalue weighted by Gasteiger charge is -2.41. The predicted octanol–water partition coefficient (Wildman–Crippen LogP) is 5.43. The number of carbonyl (C=O) groups is 1. The Morgan fingerprint density at radius 3 is 2.61 bits per heavy atom. The summed E-state index contributed by atoms with van der Waals surface area (Å²) < 4.78 is 0. The molecule has 3 aromatic rings. The fraction of sp³-hybridized carbons (Fsp3) is 0.385. The molecule has 1 atom stereocenters. The number of benzene rings is 2. The van der Waals surface area contributed by atoms with Crippen LogP contribution in [0.4, 0.5) is 5.69 Å². The summed E-state index contributed by atoms with van der Waals surface area (Å²) in [6.07, 6.45) is 4.30. The molecule has 0 unspecified atom stereocenters. The van der Waals surface area contributed by atoms with Crippen molar-refractivity contribution in [3.8, 4) is 0 Å². The number of anilines is 1. The van der Waals surface area contributed by atoms with Gasteiger partial charge in [-0.2, -0.15) is 0 Å². The third kappa shape index (κ3) is 3.78. The molecule has 0 saturated carbocycles. The van der Waals surface area contributed by atoms with E-state index in [0.29, 0.717) is 18.7 Å². The molecular weight excluding hydrogens is 406 g/mol. The highest BCUT2D eigenvalue weighted by molar-refractivity contribution is 6.36. The highest BCUT2D eigenvalue weighted by Gasteiger charge is 2.28. The van der Waals surface area contributed by atoms with Crippen LogP contribution in [0.1, 0.15) is 46.9 Å². The Balaban J connectivity index is 1.37. The fourth-order valence-corrected chi connectivity index (χ4v) is 5.31. The van der Waals surface area contributed by atoms with Crippen LogP contribution in [0.25, 0.3) is 10.9 Å². The van der Waals surface area contributed by atoms with E-state index in [9.17, 15) is 4.79 Å². The van der Waals surface area contributed by atoms with Gasteiger partial charge in [0.25, 0.3) is 5.91 Å². The molecule has 2 heterocycles. The number of piperazine rings is 1. The number of nitrogens with zero attached hydrogens (tertiary/aromatic N) is 3. The van der Waals surface area contributed by atoms with Crippen molar-refractivity contribution in [3.05, 3.63) is 69.9 Å². The maximum atomic E-state index is 13.3. The van der Waals surface area contributed by atoms with Crippen molar-refractivity contribution < 1.29 is 4.79 Å². The molecule has 0 spiro atoms. The van der Waals surface area contributed by atoms with Crippen LogP contribution in [0.15, 0.2) is 42.5 Å². The van der Waals surface area contributed by atoms with E-state index in [0.717, 1.165) is 47.4 Å². The number of carbonyl (C=O) groups excluding carboxylic acids is 1. The number of hydrogen-bond donors (Lipinski definition) is 0. The molecule has 0 bridgehead atoms. The van der Waals surface area contributed by atoms with Crippen molar-refractivity contribution in [2.75, 3.05) is 24.5 Å². The molecule has 2 aliphatic rings. The Morgan fingerprint density at radius 2 is 1.84 bits per heavy atom. The Labute approximate surface area is 188 Å². The lowest BCUT2D eigenvalue weighted by atomic mass is 9.94. The molecule has 2 aromatic carbocycles. The number of pyridine rings is 1. The van der Waals surface area contributed by atoms with Gasteiger partial charge in [-0.15, -0.1) is 0 Å². The second-order valence-electron chi connectivity index (χ2n) is 8.92. The number of aryl methyl sites for hydroxylation is 2. The van der Waals surface area contributed by atoms with Crippen molar-refractivity contribution in [2.45, 2.75) is 45.6 Å². The minimum absolute atomic E-state index is 0.0768. The molecule has 0 radical (unpaired) electrons. The van der Waals surface area contributed by atoms with Crippen LogP contribution in [0.5, 0.6) is 0 Å². The molecule has 4 nitrogen and oxygen atoms in total. The third-order valence-electron chi connectivity index (χ3n) is 6.72. The molecule has 31 heavy (non-hydrogen) atoms. The standard InChI is InChI=1S/C26H28ClN3O/c1-17-7-10-20(11-8-17)30-14-13-29(16-18(30)2)26(31)19-9-12-22-24(15-19)28-23-6-4-3-5-21(23)25(22)27/h7-12,15,18H,3-6,13-14,16H2,1-2H3/t18-/m1/s1. The predicted molar refractivity (Wildman–Crippen MR) is 127 cm³/mol. The maximum Gasteiger partial charge on any atom is 0.254 e. The summed E-state index contributed by atoms with van der Waals surface area (Å²) in [4.78, 5) is 22.5. The van der Waals surface area contributed by atoms with E-state index in [1.807, 2.05) is 23.1 Å². The highest BCUT2D eigenvalue weighted by atomic mass is 35.5. The first-order valence-corrected chi connectivity index (χ1v) is 11.6. The van der Waals surface area contributed by atoms with Gasteiger partial charge in [0.1, 0.15) is 0 Å². The molecule has 1 aliphatic heterocycles. The maximum absolute atomic E-state index is 13.3. The van der Waals surface area contributed by atoms with Gasteiger partial charge in [-0.1, -0.05) is 35.4 Å². The first-order chi connectivity index (χ1) is 15.0. The Hall–Kier alpha value is -2.59. The zero-order valence-corrected chi connectivity index (χ0v) is 19.0. The number of aromatic nitrogens is 1. The van der Waals surface area contributed by atoms with Crippen LogP contribution in [-0.4, -0.2) is 41.5 Å². The number of fused-ring (bicyclic) bond motifs is 2. The molecule has 160 valence electrons. The van der Waals surface area contributed by atoms with Gasteiger partial charge in [-0.05, 0) is 69.4 Å². The zero-order chi connectivity index (χ0) is 21.5. The monoisotopic (exact) mass is 433 g/mol. The van der Waals surface area contributed by atoms with Gasteiger partial charge in [0.2, 0.25) is 0 Å². The quantitative estimate of drug-likeness (QED) is 0.541. The van der Waals surface area contributed by atoms with E-state index in [-0.39, 0.29) is 11.9 Å². The molecule has 1 amide bonds. The van der Waals surface area contributed by atoms with E-state index in [1.165, 1.54) is 23.2 Å². The minimum Gasteiger partial charge on any atom is -0.365 e. The van der Waals surface area contributed by atoms with Crippen LogP contribution in [0, 0.1) is 6.92 Å². The second-order valence-corrected chi connectivity index (χ2v) is 9.30. The molecule has 5 rings (SSSR count). The van der Waals surface area contributed by atoms with Gasteiger partial charge in [-0.3, -0.25) is 9.78 Å². The van der Waals surface area contributed by atoms with Crippen molar-refractivity contribution in [1.82, 2.24) is 9.88 Å². The van der Waals surface area contributed by atoms with Gasteiger partial charge in [-0.25, -0.2) is 0 Å². The first kappa shape index (κ1) is 20.3. The molecule has 1 saturated heterocycles. The van der Waals surface area contributed by atoms with Gasteiger partial charge in [0, 0.05) is 48.0 Å². The Kier molecular flexibility index (Phi) is 5.35. The summed E-state index contributed by atoms with van der Waals surface area (Å²) in [6.45, 7) is 6.55. The molecular formula is C26H28ClN3O. The topological polar surface area (TPSA) is 36.4 Å². The zero-order valence-electron chi connectivity index (χ0n) is 18.2. The van der Waals surface area contributed by atoms with Crippen molar-refractivity contribution in [1.29, 1.82) is 0 Å². The molecule has 1 fully saturated rings. The molecule has 1 aliphatic carbocycles. The molecule has 5 heteroatoms. The smallest absolute Gasteiger partial charge is 0.254 e. The van der Waals surface area contributed by atoms with E-state index in [2.05, 4.69) is 43.0 Å². The lowest BCUT2D eigenvalue weighted by Crippen LogP contribution is -2.53. The summed E-state index contributed by atoms with van der Waals surface area (Å²) in [6, 6.07) is 14.7. The van der Waals surface area contributed by atoms with E-state index in [4.69, 9.17) is 16.6 Å². The van der Waals surface area contributed by atoms with Gasteiger partial charge >= 0.3 is 0 Å². The number of halogens is 1. The van der Waals surface area contributed by atoms with Gasteiger partial charge < -0.3 is 9.80 Å². The summed E-state index contributed by atoms with van der Waals surface area (Å²) in [5, 5.41) is 1.77. The summed E-state index contributed by atoms with van der Waals surface area (Å²) >= 11 is 6.70. The van der Waals surface area contributed by atoms with Crippen LogP contribution in [0.3, 0.4) is 0 Å². The first-order valence-electron chi connectivity index (χ1n) is 11.2.